The topological polar surface area (TPSA) is 90.5 Å². The second-order valence-corrected chi connectivity index (χ2v) is 3.83. The van der Waals surface area contributed by atoms with Crippen molar-refractivity contribution in [1.82, 2.24) is 9.13 Å². The first-order chi connectivity index (χ1) is 8.45. The molecule has 18 heavy (non-hydrogen) atoms. The Morgan fingerprint density at radius 1 is 1.39 bits per heavy atom. The normalized spacial score (nSPS) is 12.2. The maximum atomic E-state index is 11.5. The molecule has 0 spiro atoms. The van der Waals surface area contributed by atoms with Crippen molar-refractivity contribution in [2.75, 3.05) is 6.61 Å². The van der Waals surface area contributed by atoms with Crippen LogP contribution in [0.4, 0.5) is 0 Å². The Balaban J connectivity index is 2.74. The second kappa shape index (κ2) is 6.15. The number of aromatic nitrogens is 2. The molecule has 1 rings (SSSR count). The van der Waals surface area contributed by atoms with Crippen molar-refractivity contribution in [3.05, 3.63) is 33.1 Å². The Morgan fingerprint density at radius 3 is 2.67 bits per heavy atom. The zero-order chi connectivity index (χ0) is 13.7. The van der Waals surface area contributed by atoms with Gasteiger partial charge in [-0.1, -0.05) is 0 Å². The van der Waals surface area contributed by atoms with Gasteiger partial charge in [-0.15, -0.1) is 0 Å². The zero-order valence-corrected chi connectivity index (χ0v) is 10.3. The van der Waals surface area contributed by atoms with E-state index in [1.807, 2.05) is 0 Å². The third-order valence-corrected chi connectivity index (χ3v) is 2.35. The summed E-state index contributed by atoms with van der Waals surface area (Å²) in [6.07, 6.45) is 1.53. The van der Waals surface area contributed by atoms with E-state index in [1.54, 1.807) is 6.92 Å². The Bertz CT molecular complexity index is 531. The fraction of sp³-hybridized carbons (Fsp3) is 0.545. The van der Waals surface area contributed by atoms with E-state index >= 15 is 0 Å². The highest BCUT2D eigenvalue weighted by atomic mass is 16.5. The van der Waals surface area contributed by atoms with E-state index in [9.17, 15) is 19.5 Å². The van der Waals surface area contributed by atoms with Crippen LogP contribution in [0, 0.1) is 0 Å². The first kappa shape index (κ1) is 14.2. The van der Waals surface area contributed by atoms with Gasteiger partial charge in [0.1, 0.15) is 0 Å². The first-order valence-corrected chi connectivity index (χ1v) is 5.55. The molecule has 1 N–H and O–H groups in total. The zero-order valence-electron chi connectivity index (χ0n) is 10.3. The van der Waals surface area contributed by atoms with Gasteiger partial charge in [-0.2, -0.15) is 0 Å². The predicted octanol–water partition coefficient (Wildman–Crippen LogP) is -1.14. The highest BCUT2D eigenvalue weighted by Crippen LogP contribution is 1.97. The molecule has 0 saturated carbocycles. The summed E-state index contributed by atoms with van der Waals surface area (Å²) in [5, 5.41) is 9.61. The molecule has 0 aliphatic rings. The highest BCUT2D eigenvalue weighted by Gasteiger charge is 2.13. The number of esters is 1. The minimum atomic E-state index is -1.06. The van der Waals surface area contributed by atoms with Gasteiger partial charge in [0.15, 0.2) is 0 Å². The lowest BCUT2D eigenvalue weighted by atomic mass is 10.2. The van der Waals surface area contributed by atoms with E-state index in [2.05, 4.69) is 4.74 Å². The van der Waals surface area contributed by atoms with Crippen molar-refractivity contribution in [2.45, 2.75) is 26.0 Å². The van der Waals surface area contributed by atoms with Crippen LogP contribution < -0.4 is 11.1 Å². The van der Waals surface area contributed by atoms with Crippen LogP contribution in [-0.2, 0) is 23.1 Å². The number of nitrogens with zero attached hydrogens (tertiary/aromatic N) is 2. The van der Waals surface area contributed by atoms with E-state index in [0.29, 0.717) is 0 Å². The fourth-order valence-electron chi connectivity index (χ4n) is 1.44. The lowest BCUT2D eigenvalue weighted by Crippen LogP contribution is -2.41. The van der Waals surface area contributed by atoms with Gasteiger partial charge >= 0.3 is 17.1 Å². The molecule has 1 unspecified atom stereocenters. The number of aryl methyl sites for hydroxylation is 1. The molecule has 0 fully saturated rings. The van der Waals surface area contributed by atoms with Gasteiger partial charge in [0.25, 0.3) is 0 Å². The Hall–Kier alpha value is -1.89. The molecule has 7 heteroatoms. The van der Waals surface area contributed by atoms with Crippen LogP contribution in [0.5, 0.6) is 0 Å². The van der Waals surface area contributed by atoms with Crippen molar-refractivity contribution >= 4 is 5.97 Å². The number of rotatable bonds is 5. The van der Waals surface area contributed by atoms with Crippen molar-refractivity contribution in [3.63, 3.8) is 0 Å². The Labute approximate surface area is 103 Å². The molecule has 0 aliphatic carbocycles. The SMILES string of the molecule is CCOC(=O)CC(O)Cn1ccn(C)c(=O)c1=O. The number of ether oxygens (including phenoxy) is 1. The van der Waals surface area contributed by atoms with Crippen LogP contribution in [0.15, 0.2) is 22.0 Å². The Morgan fingerprint density at radius 2 is 2.06 bits per heavy atom. The molecule has 0 bridgehead atoms. The van der Waals surface area contributed by atoms with E-state index in [4.69, 9.17) is 0 Å². The fourth-order valence-corrected chi connectivity index (χ4v) is 1.44. The van der Waals surface area contributed by atoms with Crippen molar-refractivity contribution in [2.24, 2.45) is 7.05 Å². The number of hydrogen-bond donors (Lipinski definition) is 1. The summed E-state index contributed by atoms with van der Waals surface area (Å²) in [7, 11) is 1.46. The molecular weight excluding hydrogens is 240 g/mol. The summed E-state index contributed by atoms with van der Waals surface area (Å²) < 4.78 is 6.90. The van der Waals surface area contributed by atoms with Crippen LogP contribution in [0.3, 0.4) is 0 Å². The maximum Gasteiger partial charge on any atom is 0.316 e. The van der Waals surface area contributed by atoms with Gasteiger partial charge in [0.2, 0.25) is 0 Å². The number of aliphatic hydroxyl groups is 1. The molecule has 1 atom stereocenters. The van der Waals surface area contributed by atoms with E-state index < -0.39 is 23.2 Å². The number of hydrogen-bond acceptors (Lipinski definition) is 5. The number of carbonyl (C=O) groups excluding carboxylic acids is 1. The Kier molecular flexibility index (Phi) is 4.85. The van der Waals surface area contributed by atoms with Crippen LogP contribution in [-0.4, -0.2) is 32.9 Å². The molecule has 0 saturated heterocycles. The van der Waals surface area contributed by atoms with Crippen molar-refractivity contribution < 1.29 is 14.6 Å². The van der Waals surface area contributed by atoms with E-state index in [0.717, 1.165) is 9.13 Å². The van der Waals surface area contributed by atoms with Crippen LogP contribution in [0.25, 0.3) is 0 Å². The van der Waals surface area contributed by atoms with Gasteiger partial charge in [-0.3, -0.25) is 14.4 Å². The smallest absolute Gasteiger partial charge is 0.316 e. The van der Waals surface area contributed by atoms with Gasteiger partial charge in [0.05, 0.1) is 25.7 Å². The molecule has 0 aliphatic heterocycles. The summed E-state index contributed by atoms with van der Waals surface area (Å²) in [5.41, 5.74) is -1.41. The van der Waals surface area contributed by atoms with Gasteiger partial charge in [-0.25, -0.2) is 0 Å². The summed E-state index contributed by atoms with van der Waals surface area (Å²) in [6.45, 7) is 1.78. The van der Waals surface area contributed by atoms with Crippen LogP contribution in [0.2, 0.25) is 0 Å². The van der Waals surface area contributed by atoms with E-state index in [1.165, 1.54) is 19.4 Å². The van der Waals surface area contributed by atoms with Crippen molar-refractivity contribution in [1.29, 1.82) is 0 Å². The third-order valence-electron chi connectivity index (χ3n) is 2.35. The average Bonchev–Trinajstić information content (AvgIpc) is 2.30. The maximum absolute atomic E-state index is 11.5. The molecule has 1 aromatic rings. The molecule has 100 valence electrons. The van der Waals surface area contributed by atoms with Gasteiger partial charge < -0.3 is 19.0 Å². The summed E-state index contributed by atoms with van der Waals surface area (Å²) >= 11 is 0. The van der Waals surface area contributed by atoms with Gasteiger partial charge in [-0.05, 0) is 6.92 Å². The van der Waals surface area contributed by atoms with Gasteiger partial charge in [0, 0.05) is 19.4 Å². The largest absolute Gasteiger partial charge is 0.466 e. The molecule has 1 heterocycles. The van der Waals surface area contributed by atoms with E-state index in [-0.39, 0.29) is 19.6 Å². The summed E-state index contributed by atoms with van der Waals surface area (Å²) in [6, 6.07) is 0. The number of aliphatic hydroxyl groups excluding tert-OH is 1. The number of carbonyl (C=O) groups is 1. The molecule has 7 nitrogen and oxygen atoms in total. The summed E-state index contributed by atoms with van der Waals surface area (Å²) in [5.74, 6) is -0.540. The first-order valence-electron chi connectivity index (χ1n) is 5.55. The monoisotopic (exact) mass is 256 g/mol. The second-order valence-electron chi connectivity index (χ2n) is 3.83. The summed E-state index contributed by atoms with van der Waals surface area (Å²) in [4.78, 5) is 34.0. The lowest BCUT2D eigenvalue weighted by molar-refractivity contribution is -0.145. The predicted molar refractivity (Wildman–Crippen MR) is 63.2 cm³/mol. The minimum absolute atomic E-state index is 0.117. The average molecular weight is 256 g/mol. The van der Waals surface area contributed by atoms with Crippen LogP contribution in [0.1, 0.15) is 13.3 Å². The minimum Gasteiger partial charge on any atom is -0.466 e. The van der Waals surface area contributed by atoms with Crippen molar-refractivity contribution in [3.8, 4) is 0 Å². The van der Waals surface area contributed by atoms with Crippen LogP contribution >= 0.6 is 0 Å². The third kappa shape index (κ3) is 3.56. The molecule has 0 radical (unpaired) electrons. The quantitative estimate of drug-likeness (QED) is 0.531. The molecule has 1 aromatic heterocycles. The molecule has 0 aromatic carbocycles. The standard InChI is InChI=1S/C11H16N2O5/c1-3-18-9(15)6-8(14)7-13-5-4-12(2)10(16)11(13)17/h4-5,8,14H,3,6-7H2,1-2H3. The molecular formula is C11H16N2O5. The highest BCUT2D eigenvalue weighted by molar-refractivity contribution is 5.69. The molecule has 0 amide bonds. The lowest BCUT2D eigenvalue weighted by Gasteiger charge is -2.11.